The summed E-state index contributed by atoms with van der Waals surface area (Å²) in [6.07, 6.45) is 0. The van der Waals surface area contributed by atoms with Gasteiger partial charge in [0, 0.05) is 7.05 Å². The van der Waals surface area contributed by atoms with E-state index in [1.165, 1.54) is 25.2 Å². The highest BCUT2D eigenvalue weighted by Gasteiger charge is 2.33. The molecule has 0 saturated heterocycles. The Kier molecular flexibility index (Phi) is 3.77. The van der Waals surface area contributed by atoms with E-state index in [2.05, 4.69) is 0 Å². The van der Waals surface area contributed by atoms with Gasteiger partial charge in [-0.1, -0.05) is 42.5 Å². The lowest BCUT2D eigenvalue weighted by Gasteiger charge is -2.08. The fraction of sp³-hybridized carbons (Fsp3) is 0.0952. The van der Waals surface area contributed by atoms with E-state index in [1.54, 1.807) is 0 Å². The zero-order valence-corrected chi connectivity index (χ0v) is 14.1. The van der Waals surface area contributed by atoms with Crippen LogP contribution in [0.5, 0.6) is 0 Å². The van der Waals surface area contributed by atoms with Gasteiger partial charge in [-0.2, -0.15) is 0 Å². The number of nitrogens with zero attached hydrogens (tertiary/aromatic N) is 1. The van der Waals surface area contributed by atoms with Crippen molar-refractivity contribution < 1.29 is 19.1 Å². The number of ether oxygens (including phenoxy) is 1. The molecule has 128 valence electrons. The van der Waals surface area contributed by atoms with E-state index >= 15 is 0 Å². The van der Waals surface area contributed by atoms with Gasteiger partial charge >= 0.3 is 5.97 Å². The number of carbonyl (C=O) groups excluding carboxylic acids is 3. The molecule has 4 rings (SSSR count). The standard InChI is InChI=1S/C21H15NO4/c1-22-19(23)17-10-9-14(11-18(17)20(22)24)21(25)26-12-15-7-4-6-13-5-2-3-8-16(13)15/h2-11H,12H2,1H3. The molecule has 0 saturated carbocycles. The molecule has 0 aromatic heterocycles. The molecule has 2 amide bonds. The molecule has 0 radical (unpaired) electrons. The number of rotatable bonds is 3. The molecular weight excluding hydrogens is 330 g/mol. The Morgan fingerprint density at radius 3 is 2.50 bits per heavy atom. The molecule has 0 atom stereocenters. The second kappa shape index (κ2) is 6.11. The van der Waals surface area contributed by atoms with E-state index in [9.17, 15) is 14.4 Å². The van der Waals surface area contributed by atoms with Gasteiger partial charge in [-0.3, -0.25) is 14.5 Å². The molecule has 3 aromatic rings. The minimum atomic E-state index is -0.532. The molecule has 0 bridgehead atoms. The van der Waals surface area contributed by atoms with Crippen LogP contribution in [0.1, 0.15) is 36.6 Å². The van der Waals surface area contributed by atoms with Crippen LogP contribution in [0, 0.1) is 0 Å². The maximum absolute atomic E-state index is 12.4. The van der Waals surface area contributed by atoms with Crippen molar-refractivity contribution in [2.45, 2.75) is 6.61 Å². The predicted molar refractivity (Wildman–Crippen MR) is 95.9 cm³/mol. The molecule has 0 unspecified atom stereocenters. The van der Waals surface area contributed by atoms with Crippen LogP contribution < -0.4 is 0 Å². The highest BCUT2D eigenvalue weighted by molar-refractivity contribution is 6.21. The largest absolute Gasteiger partial charge is 0.457 e. The average Bonchev–Trinajstić information content (AvgIpc) is 2.90. The number of fused-ring (bicyclic) bond motifs is 2. The lowest BCUT2D eigenvalue weighted by molar-refractivity contribution is 0.0474. The summed E-state index contributed by atoms with van der Waals surface area (Å²) in [5, 5.41) is 2.10. The summed E-state index contributed by atoms with van der Waals surface area (Å²) < 4.78 is 5.42. The van der Waals surface area contributed by atoms with Crippen molar-refractivity contribution >= 4 is 28.6 Å². The molecule has 0 fully saturated rings. The highest BCUT2D eigenvalue weighted by atomic mass is 16.5. The summed E-state index contributed by atoms with van der Waals surface area (Å²) in [4.78, 5) is 37.4. The van der Waals surface area contributed by atoms with Crippen LogP contribution >= 0.6 is 0 Å². The molecule has 26 heavy (non-hydrogen) atoms. The summed E-state index contributed by atoms with van der Waals surface area (Å²) in [5.41, 5.74) is 1.70. The third-order valence-electron chi connectivity index (χ3n) is 4.56. The lowest BCUT2D eigenvalue weighted by Crippen LogP contribution is -2.24. The molecule has 5 nitrogen and oxygen atoms in total. The van der Waals surface area contributed by atoms with Crippen molar-refractivity contribution in [3.05, 3.63) is 82.9 Å². The third-order valence-corrected chi connectivity index (χ3v) is 4.56. The van der Waals surface area contributed by atoms with E-state index in [0.717, 1.165) is 21.2 Å². The van der Waals surface area contributed by atoms with Crippen LogP contribution in [0.4, 0.5) is 0 Å². The highest BCUT2D eigenvalue weighted by Crippen LogP contribution is 2.24. The molecule has 1 aliphatic heterocycles. The van der Waals surface area contributed by atoms with E-state index in [0.29, 0.717) is 5.56 Å². The van der Waals surface area contributed by atoms with E-state index < -0.39 is 11.9 Å². The number of hydrogen-bond acceptors (Lipinski definition) is 4. The van der Waals surface area contributed by atoms with Crippen molar-refractivity contribution in [1.29, 1.82) is 0 Å². The second-order valence-electron chi connectivity index (χ2n) is 6.14. The Labute approximate surface area is 149 Å². The van der Waals surface area contributed by atoms with Crippen LogP contribution in [0.25, 0.3) is 10.8 Å². The Bertz CT molecular complexity index is 1070. The fourth-order valence-electron chi connectivity index (χ4n) is 3.13. The first-order chi connectivity index (χ1) is 12.6. The summed E-state index contributed by atoms with van der Waals surface area (Å²) in [5.74, 6) is -1.30. The number of amides is 2. The van der Waals surface area contributed by atoms with Gasteiger partial charge in [0.2, 0.25) is 0 Å². The average molecular weight is 345 g/mol. The summed E-state index contributed by atoms with van der Waals surface area (Å²) >= 11 is 0. The van der Waals surface area contributed by atoms with Crippen LogP contribution in [0.15, 0.2) is 60.7 Å². The van der Waals surface area contributed by atoms with Gasteiger partial charge in [0.1, 0.15) is 6.61 Å². The molecule has 0 N–H and O–H groups in total. The van der Waals surface area contributed by atoms with Crippen molar-refractivity contribution in [3.8, 4) is 0 Å². The van der Waals surface area contributed by atoms with Crippen LogP contribution in [-0.4, -0.2) is 29.7 Å². The monoisotopic (exact) mass is 345 g/mol. The Hall–Kier alpha value is -3.47. The van der Waals surface area contributed by atoms with Gasteiger partial charge in [0.15, 0.2) is 0 Å². The number of imide groups is 1. The van der Waals surface area contributed by atoms with Gasteiger partial charge in [0.05, 0.1) is 16.7 Å². The minimum absolute atomic E-state index is 0.129. The minimum Gasteiger partial charge on any atom is -0.457 e. The molecule has 3 aromatic carbocycles. The van der Waals surface area contributed by atoms with Crippen LogP contribution in [0.3, 0.4) is 0 Å². The van der Waals surface area contributed by atoms with Gasteiger partial charge in [-0.15, -0.1) is 0 Å². The van der Waals surface area contributed by atoms with Gasteiger partial charge < -0.3 is 4.74 Å². The fourth-order valence-corrected chi connectivity index (χ4v) is 3.13. The molecule has 5 heteroatoms. The maximum Gasteiger partial charge on any atom is 0.338 e. The van der Waals surface area contributed by atoms with Crippen molar-refractivity contribution in [1.82, 2.24) is 4.90 Å². The second-order valence-corrected chi connectivity index (χ2v) is 6.14. The Balaban J connectivity index is 1.56. The first-order valence-electron chi connectivity index (χ1n) is 8.16. The van der Waals surface area contributed by atoms with Gasteiger partial charge in [-0.25, -0.2) is 4.79 Å². The van der Waals surface area contributed by atoms with Crippen molar-refractivity contribution in [2.75, 3.05) is 7.05 Å². The van der Waals surface area contributed by atoms with Gasteiger partial charge in [-0.05, 0) is 34.5 Å². The molecule has 0 aliphatic carbocycles. The molecule has 1 aliphatic rings. The summed E-state index contributed by atoms with van der Waals surface area (Å²) in [7, 11) is 1.42. The van der Waals surface area contributed by atoms with Crippen molar-refractivity contribution in [3.63, 3.8) is 0 Å². The Morgan fingerprint density at radius 1 is 0.923 bits per heavy atom. The van der Waals surface area contributed by atoms with E-state index in [4.69, 9.17) is 4.74 Å². The topological polar surface area (TPSA) is 63.7 Å². The maximum atomic E-state index is 12.4. The number of benzene rings is 3. The third kappa shape index (κ3) is 2.54. The lowest BCUT2D eigenvalue weighted by atomic mass is 10.0. The van der Waals surface area contributed by atoms with Crippen LogP contribution in [-0.2, 0) is 11.3 Å². The summed E-state index contributed by atoms with van der Waals surface area (Å²) in [6.45, 7) is 0.129. The number of esters is 1. The predicted octanol–water partition coefficient (Wildman–Crippen LogP) is 3.42. The van der Waals surface area contributed by atoms with Crippen molar-refractivity contribution in [2.24, 2.45) is 0 Å². The number of hydrogen-bond donors (Lipinski definition) is 0. The number of carbonyl (C=O) groups is 3. The zero-order chi connectivity index (χ0) is 18.3. The zero-order valence-electron chi connectivity index (χ0n) is 14.1. The smallest absolute Gasteiger partial charge is 0.338 e. The first-order valence-corrected chi connectivity index (χ1v) is 8.16. The Morgan fingerprint density at radius 2 is 1.65 bits per heavy atom. The molecule has 0 spiro atoms. The summed E-state index contributed by atoms with van der Waals surface area (Å²) in [6, 6.07) is 18.1. The molecule has 1 heterocycles. The van der Waals surface area contributed by atoms with E-state index in [1.807, 2.05) is 42.5 Å². The molecular formula is C21H15NO4. The van der Waals surface area contributed by atoms with E-state index in [-0.39, 0.29) is 23.6 Å². The normalized spacial score (nSPS) is 13.2. The SMILES string of the molecule is CN1C(=O)c2ccc(C(=O)OCc3cccc4ccccc34)cc2C1=O. The van der Waals surface area contributed by atoms with Crippen LogP contribution in [0.2, 0.25) is 0 Å². The van der Waals surface area contributed by atoms with Gasteiger partial charge in [0.25, 0.3) is 11.8 Å². The quantitative estimate of drug-likeness (QED) is 0.539. The first kappa shape index (κ1) is 16.0.